The van der Waals surface area contributed by atoms with Crippen molar-refractivity contribution in [3.05, 3.63) is 50.5 Å². The molecule has 1 aliphatic rings. The fourth-order valence-electron chi connectivity index (χ4n) is 2.70. The van der Waals surface area contributed by atoms with Crippen LogP contribution in [0.3, 0.4) is 0 Å². The van der Waals surface area contributed by atoms with E-state index in [1.165, 1.54) is 16.4 Å². The van der Waals surface area contributed by atoms with Gasteiger partial charge in [-0.15, -0.1) is 0 Å². The van der Waals surface area contributed by atoms with Crippen molar-refractivity contribution in [2.24, 2.45) is 0 Å². The van der Waals surface area contributed by atoms with Gasteiger partial charge in [0.25, 0.3) is 5.69 Å². The molecule has 0 aliphatic carbocycles. The minimum atomic E-state index is -3.87. The van der Waals surface area contributed by atoms with Crippen LogP contribution in [-0.2, 0) is 10.0 Å². The lowest BCUT2D eigenvalue weighted by Gasteiger charge is -2.17. The quantitative estimate of drug-likeness (QED) is 0.560. The van der Waals surface area contributed by atoms with Crippen LogP contribution in [-0.4, -0.2) is 35.8 Å². The van der Waals surface area contributed by atoms with Crippen molar-refractivity contribution in [2.75, 3.05) is 13.1 Å². The molecule has 1 N–H and O–H groups in total. The molecule has 8 nitrogen and oxygen atoms in total. The minimum Gasteiger partial charge on any atom is -0.507 e. The van der Waals surface area contributed by atoms with E-state index >= 15 is 0 Å². The summed E-state index contributed by atoms with van der Waals surface area (Å²) in [5.41, 5.74) is -0.305. The number of sulfonamides is 1. The Morgan fingerprint density at radius 3 is 2.26 bits per heavy atom. The lowest BCUT2D eigenvalue weighted by Crippen LogP contribution is -2.27. The highest BCUT2D eigenvalue weighted by molar-refractivity contribution is 7.89. The van der Waals surface area contributed by atoms with Gasteiger partial charge < -0.3 is 9.84 Å². The molecule has 0 saturated carbocycles. The second kappa shape index (κ2) is 7.51. The van der Waals surface area contributed by atoms with Crippen LogP contribution in [0.25, 0.3) is 0 Å². The molecule has 0 amide bonds. The van der Waals surface area contributed by atoms with E-state index in [4.69, 9.17) is 27.9 Å². The van der Waals surface area contributed by atoms with Crippen molar-refractivity contribution in [3.8, 4) is 17.2 Å². The molecule has 0 unspecified atom stereocenters. The molecule has 2 aromatic rings. The summed E-state index contributed by atoms with van der Waals surface area (Å²) in [4.78, 5) is 9.90. The summed E-state index contributed by atoms with van der Waals surface area (Å²) in [6.45, 7) is 0.764. The molecule has 0 atom stereocenters. The molecule has 27 heavy (non-hydrogen) atoms. The maximum Gasteiger partial charge on any atom is 0.272 e. The van der Waals surface area contributed by atoms with Gasteiger partial charge in [0.1, 0.15) is 16.4 Å². The molecular formula is C16H14Cl2N2O6S. The number of hydrogen-bond acceptors (Lipinski definition) is 6. The van der Waals surface area contributed by atoms with Gasteiger partial charge in [-0.25, -0.2) is 8.42 Å². The van der Waals surface area contributed by atoms with Gasteiger partial charge in [0, 0.05) is 31.3 Å². The Bertz CT molecular complexity index is 983. The number of aromatic hydroxyl groups is 1. The summed E-state index contributed by atoms with van der Waals surface area (Å²) in [6.07, 6.45) is 1.51. The number of halogens is 2. The smallest absolute Gasteiger partial charge is 0.272 e. The molecule has 0 bridgehead atoms. The number of phenolic OH excluding ortho intramolecular Hbond substituents is 1. The lowest BCUT2D eigenvalue weighted by atomic mass is 10.3. The SMILES string of the molecule is O=[N+]([O-])c1cc(Cl)c(Oc2ccc(O)c(S(=O)(=O)N3CCCC3)c2)c(Cl)c1. The maximum absolute atomic E-state index is 12.7. The Morgan fingerprint density at radius 1 is 1.11 bits per heavy atom. The number of non-ortho nitro benzene ring substituents is 1. The highest BCUT2D eigenvalue weighted by atomic mass is 35.5. The number of ether oxygens (including phenoxy) is 1. The predicted octanol–water partition coefficient (Wildman–Crippen LogP) is 4.18. The number of benzene rings is 2. The molecule has 0 radical (unpaired) electrons. The van der Waals surface area contributed by atoms with Crippen LogP contribution in [0.4, 0.5) is 5.69 Å². The zero-order valence-electron chi connectivity index (χ0n) is 13.8. The molecule has 11 heteroatoms. The molecule has 1 heterocycles. The van der Waals surface area contributed by atoms with E-state index in [2.05, 4.69) is 0 Å². The molecule has 1 aliphatic heterocycles. The first-order chi connectivity index (χ1) is 12.7. The van der Waals surface area contributed by atoms with Gasteiger partial charge in [-0.1, -0.05) is 23.2 Å². The summed E-state index contributed by atoms with van der Waals surface area (Å²) < 4.78 is 32.2. The third kappa shape index (κ3) is 3.96. The van der Waals surface area contributed by atoms with Gasteiger partial charge >= 0.3 is 0 Å². The van der Waals surface area contributed by atoms with Crippen LogP contribution in [0, 0.1) is 10.1 Å². The summed E-state index contributed by atoms with van der Waals surface area (Å²) in [5, 5.41) is 20.6. The second-order valence-corrected chi connectivity index (χ2v) is 8.56. The van der Waals surface area contributed by atoms with Crippen molar-refractivity contribution in [1.82, 2.24) is 4.31 Å². The number of nitro benzene ring substituents is 1. The van der Waals surface area contributed by atoms with Crippen molar-refractivity contribution in [3.63, 3.8) is 0 Å². The Hall–Kier alpha value is -2.07. The number of rotatable bonds is 5. The highest BCUT2D eigenvalue weighted by Crippen LogP contribution is 2.41. The first-order valence-electron chi connectivity index (χ1n) is 7.84. The highest BCUT2D eigenvalue weighted by Gasteiger charge is 2.30. The summed E-state index contributed by atoms with van der Waals surface area (Å²) in [6, 6.07) is 5.84. The van der Waals surface area contributed by atoms with Crippen LogP contribution >= 0.6 is 23.2 Å². The molecule has 0 spiro atoms. The normalized spacial score (nSPS) is 15.0. The first kappa shape index (κ1) is 19.7. The van der Waals surface area contributed by atoms with Crippen LogP contribution in [0.2, 0.25) is 10.0 Å². The zero-order valence-corrected chi connectivity index (χ0v) is 16.1. The van der Waals surface area contributed by atoms with Crippen molar-refractivity contribution in [2.45, 2.75) is 17.7 Å². The van der Waals surface area contributed by atoms with Gasteiger partial charge in [-0.05, 0) is 25.0 Å². The summed E-state index contributed by atoms with van der Waals surface area (Å²) in [7, 11) is -3.87. The van der Waals surface area contributed by atoms with Gasteiger partial charge in [-0.3, -0.25) is 10.1 Å². The standard InChI is InChI=1S/C16H14Cl2N2O6S/c17-12-7-10(20(22)23)8-13(18)16(12)26-11-3-4-14(21)15(9-11)27(24,25)19-5-1-2-6-19/h3-4,7-9,21H,1-2,5-6H2. The van der Waals surface area contributed by atoms with Crippen LogP contribution in [0.15, 0.2) is 35.2 Å². The van der Waals surface area contributed by atoms with E-state index in [1.54, 1.807) is 0 Å². The Morgan fingerprint density at radius 2 is 1.70 bits per heavy atom. The van der Waals surface area contributed by atoms with Gasteiger partial charge in [-0.2, -0.15) is 4.31 Å². The molecule has 144 valence electrons. The molecular weight excluding hydrogens is 419 g/mol. The van der Waals surface area contributed by atoms with Crippen molar-refractivity contribution in [1.29, 1.82) is 0 Å². The average Bonchev–Trinajstić information content (AvgIpc) is 3.14. The van der Waals surface area contributed by atoms with E-state index in [1.807, 2.05) is 0 Å². The monoisotopic (exact) mass is 432 g/mol. The number of nitro groups is 1. The fourth-order valence-corrected chi connectivity index (χ4v) is 4.87. The van der Waals surface area contributed by atoms with Crippen LogP contribution in [0.5, 0.6) is 17.2 Å². The van der Waals surface area contributed by atoms with Crippen molar-refractivity contribution >= 4 is 38.9 Å². The number of nitrogens with zero attached hydrogens (tertiary/aromatic N) is 2. The number of hydrogen-bond donors (Lipinski definition) is 1. The van der Waals surface area contributed by atoms with Crippen LogP contribution < -0.4 is 4.74 Å². The lowest BCUT2D eigenvalue weighted by molar-refractivity contribution is -0.384. The molecule has 0 aromatic heterocycles. The average molecular weight is 433 g/mol. The van der Waals surface area contributed by atoms with Gasteiger partial charge in [0.05, 0.1) is 15.0 Å². The Balaban J connectivity index is 1.97. The largest absolute Gasteiger partial charge is 0.507 e. The minimum absolute atomic E-state index is 0.0563. The Kier molecular flexibility index (Phi) is 5.48. The van der Waals surface area contributed by atoms with E-state index in [9.17, 15) is 23.6 Å². The molecule has 2 aromatic carbocycles. The molecule has 3 rings (SSSR count). The fraction of sp³-hybridized carbons (Fsp3) is 0.250. The van der Waals surface area contributed by atoms with E-state index in [0.29, 0.717) is 13.1 Å². The van der Waals surface area contributed by atoms with Crippen LogP contribution in [0.1, 0.15) is 12.8 Å². The third-order valence-electron chi connectivity index (χ3n) is 4.03. The zero-order chi connectivity index (χ0) is 19.8. The van der Waals surface area contributed by atoms with E-state index in [0.717, 1.165) is 31.0 Å². The first-order valence-corrected chi connectivity index (χ1v) is 10.0. The van der Waals surface area contributed by atoms with E-state index < -0.39 is 20.7 Å². The second-order valence-electron chi connectivity index (χ2n) is 5.84. The van der Waals surface area contributed by atoms with E-state index in [-0.39, 0.29) is 32.1 Å². The van der Waals surface area contributed by atoms with Crippen molar-refractivity contribution < 1.29 is 23.2 Å². The summed E-state index contributed by atoms with van der Waals surface area (Å²) >= 11 is 12.0. The predicted molar refractivity (Wildman–Crippen MR) is 99.3 cm³/mol. The van der Waals surface area contributed by atoms with Gasteiger partial charge in [0.2, 0.25) is 10.0 Å². The molecule has 1 fully saturated rings. The Labute approximate surface area is 165 Å². The summed E-state index contributed by atoms with van der Waals surface area (Å²) in [5.74, 6) is -0.405. The number of phenols is 1. The topological polar surface area (TPSA) is 110 Å². The maximum atomic E-state index is 12.7. The van der Waals surface area contributed by atoms with Gasteiger partial charge in [0.15, 0.2) is 5.75 Å². The molecule has 1 saturated heterocycles. The third-order valence-corrected chi connectivity index (χ3v) is 6.52.